The lowest BCUT2D eigenvalue weighted by Gasteiger charge is -2.48. The van der Waals surface area contributed by atoms with Gasteiger partial charge >= 0.3 is 0 Å². The third-order valence-corrected chi connectivity index (χ3v) is 5.01. The van der Waals surface area contributed by atoms with E-state index in [1.807, 2.05) is 43.0 Å². The fourth-order valence-electron chi connectivity index (χ4n) is 3.39. The quantitative estimate of drug-likeness (QED) is 0.927. The van der Waals surface area contributed by atoms with Gasteiger partial charge in [0, 0.05) is 18.8 Å². The number of hydrogen-bond donors (Lipinski definition) is 1. The monoisotopic (exact) mass is 318 g/mol. The predicted molar refractivity (Wildman–Crippen MR) is 89.8 cm³/mol. The second-order valence-corrected chi connectivity index (χ2v) is 7.05. The van der Waals surface area contributed by atoms with Crippen molar-refractivity contribution in [2.75, 3.05) is 32.1 Å². The van der Waals surface area contributed by atoms with Crippen LogP contribution in [0.1, 0.15) is 33.1 Å². The summed E-state index contributed by atoms with van der Waals surface area (Å²) >= 11 is 0. The third-order valence-electron chi connectivity index (χ3n) is 5.01. The summed E-state index contributed by atoms with van der Waals surface area (Å²) in [4.78, 5) is 14.8. The number of methoxy groups -OCH3 is 1. The number of piperidine rings is 1. The van der Waals surface area contributed by atoms with Gasteiger partial charge in [0.15, 0.2) is 0 Å². The van der Waals surface area contributed by atoms with Crippen molar-refractivity contribution in [1.82, 2.24) is 4.90 Å². The Hall–Kier alpha value is -1.75. The number of hydrogen-bond acceptors (Lipinski definition) is 4. The number of ether oxygens (including phenoxy) is 2. The lowest BCUT2D eigenvalue weighted by molar-refractivity contribution is -0.177. The molecular formula is C18H26N2O3. The van der Waals surface area contributed by atoms with Crippen LogP contribution in [0.15, 0.2) is 24.3 Å². The molecule has 5 heteroatoms. The van der Waals surface area contributed by atoms with Crippen LogP contribution in [0.4, 0.5) is 5.69 Å². The van der Waals surface area contributed by atoms with E-state index < -0.39 is 5.54 Å². The lowest BCUT2D eigenvalue weighted by atomic mass is 9.84. The minimum atomic E-state index is -0.639. The highest BCUT2D eigenvalue weighted by molar-refractivity contribution is 5.88. The normalized spacial score (nSPS) is 20.0. The molecule has 0 aromatic heterocycles. The summed E-state index contributed by atoms with van der Waals surface area (Å²) in [5, 5.41) is 3.34. The molecule has 5 nitrogen and oxygen atoms in total. The SMILES string of the molecule is COc1ccc(NC(C)(C)C(=O)N2CCC3(CCO3)CC2)cc1. The molecule has 2 aliphatic heterocycles. The molecule has 0 unspecified atom stereocenters. The van der Waals surface area contributed by atoms with E-state index in [4.69, 9.17) is 9.47 Å². The number of carbonyl (C=O) groups is 1. The molecule has 0 bridgehead atoms. The van der Waals surface area contributed by atoms with E-state index in [0.29, 0.717) is 0 Å². The first-order valence-corrected chi connectivity index (χ1v) is 8.30. The number of anilines is 1. The van der Waals surface area contributed by atoms with Gasteiger partial charge in [0.05, 0.1) is 19.3 Å². The molecule has 1 N–H and O–H groups in total. The number of nitrogens with one attached hydrogen (secondary N) is 1. The lowest BCUT2D eigenvalue weighted by Crippen LogP contribution is -2.57. The molecule has 2 fully saturated rings. The Labute approximate surface area is 137 Å². The molecule has 3 rings (SSSR count). The highest BCUT2D eigenvalue weighted by Gasteiger charge is 2.43. The Kier molecular flexibility index (Phi) is 4.23. The van der Waals surface area contributed by atoms with Crippen LogP contribution < -0.4 is 10.1 Å². The maximum atomic E-state index is 12.9. The van der Waals surface area contributed by atoms with Gasteiger partial charge in [-0.05, 0) is 57.4 Å². The van der Waals surface area contributed by atoms with Crippen molar-refractivity contribution in [2.24, 2.45) is 0 Å². The van der Waals surface area contributed by atoms with Crippen molar-refractivity contribution in [1.29, 1.82) is 0 Å². The maximum absolute atomic E-state index is 12.9. The average Bonchev–Trinajstić information content (AvgIpc) is 2.53. The number of amides is 1. The Morgan fingerprint density at radius 3 is 2.30 bits per heavy atom. The van der Waals surface area contributed by atoms with Crippen molar-refractivity contribution in [2.45, 2.75) is 44.2 Å². The number of rotatable bonds is 4. The zero-order chi connectivity index (χ0) is 16.5. The predicted octanol–water partition coefficient (Wildman–Crippen LogP) is 2.67. The molecule has 1 aromatic rings. The summed E-state index contributed by atoms with van der Waals surface area (Å²) in [5.41, 5.74) is 0.351. The molecule has 2 heterocycles. The first-order valence-electron chi connectivity index (χ1n) is 8.30. The molecule has 0 atom stereocenters. The summed E-state index contributed by atoms with van der Waals surface area (Å²) < 4.78 is 10.9. The first kappa shape index (κ1) is 16.1. The Balaban J connectivity index is 1.60. The number of benzene rings is 1. The highest BCUT2D eigenvalue weighted by Crippen LogP contribution is 2.37. The largest absolute Gasteiger partial charge is 0.497 e. The van der Waals surface area contributed by atoms with Gasteiger partial charge in [-0.3, -0.25) is 4.79 Å². The Morgan fingerprint density at radius 2 is 1.83 bits per heavy atom. The summed E-state index contributed by atoms with van der Waals surface area (Å²) in [6, 6.07) is 7.64. The molecule has 0 radical (unpaired) electrons. The van der Waals surface area contributed by atoms with E-state index in [0.717, 1.165) is 50.4 Å². The summed E-state index contributed by atoms with van der Waals surface area (Å²) in [7, 11) is 1.64. The molecule has 2 aliphatic rings. The molecule has 1 spiro atoms. The number of nitrogens with zero attached hydrogens (tertiary/aromatic N) is 1. The average molecular weight is 318 g/mol. The van der Waals surface area contributed by atoms with Gasteiger partial charge in [-0.25, -0.2) is 0 Å². The van der Waals surface area contributed by atoms with Crippen LogP contribution in [-0.2, 0) is 9.53 Å². The van der Waals surface area contributed by atoms with Crippen molar-refractivity contribution >= 4 is 11.6 Å². The van der Waals surface area contributed by atoms with Crippen molar-refractivity contribution in [3.63, 3.8) is 0 Å². The minimum absolute atomic E-state index is 0.0737. The zero-order valence-electron chi connectivity index (χ0n) is 14.2. The standard InChI is InChI=1S/C18H26N2O3/c1-17(2,19-14-4-6-15(22-3)7-5-14)16(21)20-11-8-18(9-12-20)10-13-23-18/h4-7,19H,8-13H2,1-3H3. The van der Waals surface area contributed by atoms with E-state index in [9.17, 15) is 4.79 Å². The van der Waals surface area contributed by atoms with Crippen molar-refractivity contribution in [3.8, 4) is 5.75 Å². The van der Waals surface area contributed by atoms with E-state index >= 15 is 0 Å². The third kappa shape index (κ3) is 3.29. The zero-order valence-corrected chi connectivity index (χ0v) is 14.2. The van der Waals surface area contributed by atoms with E-state index in [-0.39, 0.29) is 11.5 Å². The molecule has 126 valence electrons. The Bertz CT molecular complexity index is 554. The van der Waals surface area contributed by atoms with Crippen molar-refractivity contribution < 1.29 is 14.3 Å². The van der Waals surface area contributed by atoms with E-state index in [1.54, 1.807) is 7.11 Å². The van der Waals surface area contributed by atoms with Gasteiger partial charge in [-0.1, -0.05) is 0 Å². The molecule has 1 amide bonds. The van der Waals surface area contributed by atoms with Crippen LogP contribution in [0, 0.1) is 0 Å². The van der Waals surface area contributed by atoms with Crippen LogP contribution in [0.5, 0.6) is 5.75 Å². The number of carbonyl (C=O) groups excluding carboxylic acids is 1. The van der Waals surface area contributed by atoms with E-state index in [2.05, 4.69) is 5.32 Å². The first-order chi connectivity index (χ1) is 10.9. The molecule has 23 heavy (non-hydrogen) atoms. The summed E-state index contributed by atoms with van der Waals surface area (Å²) in [6.07, 6.45) is 3.05. The maximum Gasteiger partial charge on any atom is 0.247 e. The van der Waals surface area contributed by atoms with Gasteiger partial charge in [0.25, 0.3) is 0 Å². The smallest absolute Gasteiger partial charge is 0.247 e. The molecular weight excluding hydrogens is 292 g/mol. The molecule has 2 saturated heterocycles. The van der Waals surface area contributed by atoms with Gasteiger partial charge in [0.2, 0.25) is 5.91 Å². The van der Waals surface area contributed by atoms with Gasteiger partial charge in [-0.15, -0.1) is 0 Å². The minimum Gasteiger partial charge on any atom is -0.497 e. The summed E-state index contributed by atoms with van der Waals surface area (Å²) in [5.74, 6) is 0.948. The van der Waals surface area contributed by atoms with Gasteiger partial charge in [-0.2, -0.15) is 0 Å². The van der Waals surface area contributed by atoms with Gasteiger partial charge < -0.3 is 19.7 Å². The fraction of sp³-hybridized carbons (Fsp3) is 0.611. The van der Waals surface area contributed by atoms with E-state index in [1.165, 1.54) is 0 Å². The number of likely N-dealkylation sites (tertiary alicyclic amines) is 1. The second-order valence-electron chi connectivity index (χ2n) is 7.05. The topological polar surface area (TPSA) is 50.8 Å². The summed E-state index contributed by atoms with van der Waals surface area (Å²) in [6.45, 7) is 6.31. The fourth-order valence-corrected chi connectivity index (χ4v) is 3.39. The Morgan fingerprint density at radius 1 is 1.22 bits per heavy atom. The second kappa shape index (κ2) is 6.04. The van der Waals surface area contributed by atoms with Gasteiger partial charge in [0.1, 0.15) is 11.3 Å². The molecule has 1 aromatic carbocycles. The molecule has 0 saturated carbocycles. The highest BCUT2D eigenvalue weighted by atomic mass is 16.5. The van der Waals surface area contributed by atoms with Crippen LogP contribution in [0.3, 0.4) is 0 Å². The van der Waals surface area contributed by atoms with Crippen molar-refractivity contribution in [3.05, 3.63) is 24.3 Å². The van der Waals surface area contributed by atoms with Crippen LogP contribution in [-0.4, -0.2) is 48.8 Å². The molecule has 0 aliphatic carbocycles. The van der Waals surface area contributed by atoms with Crippen LogP contribution >= 0.6 is 0 Å². The van der Waals surface area contributed by atoms with Crippen LogP contribution in [0.2, 0.25) is 0 Å². The van der Waals surface area contributed by atoms with Crippen LogP contribution in [0.25, 0.3) is 0 Å².